The summed E-state index contributed by atoms with van der Waals surface area (Å²) in [5, 5.41) is 23.6. The van der Waals surface area contributed by atoms with Gasteiger partial charge < -0.3 is 21.2 Å². The highest BCUT2D eigenvalue weighted by atomic mass is 16.4. The Bertz CT molecular complexity index is 880. The molecule has 1 unspecified atom stereocenters. The van der Waals surface area contributed by atoms with Crippen molar-refractivity contribution in [1.82, 2.24) is 6.15 Å². The fourth-order valence-electron chi connectivity index (χ4n) is 10.8. The molecule has 4 heteroatoms. The Morgan fingerprint density at radius 1 is 0.941 bits per heavy atom. The van der Waals surface area contributed by atoms with Crippen LogP contribution in [-0.2, 0) is 4.79 Å². The van der Waals surface area contributed by atoms with Crippen LogP contribution in [-0.4, -0.2) is 17.2 Å². The summed E-state index contributed by atoms with van der Waals surface area (Å²) in [7, 11) is 0. The first-order chi connectivity index (χ1) is 15.3. The molecule has 0 radical (unpaired) electrons. The van der Waals surface area contributed by atoms with Crippen LogP contribution >= 0.6 is 0 Å². The van der Waals surface area contributed by atoms with Crippen LogP contribution in [0, 0.1) is 56.7 Å². The zero-order chi connectivity index (χ0) is 24.2. The molecule has 5 aliphatic rings. The van der Waals surface area contributed by atoms with Crippen LogP contribution in [0.4, 0.5) is 0 Å². The third kappa shape index (κ3) is 2.93. The first-order valence-corrected chi connectivity index (χ1v) is 13.9. The average Bonchev–Trinajstić information content (AvgIpc) is 2.74. The first-order valence-electron chi connectivity index (χ1n) is 13.9. The van der Waals surface area contributed by atoms with Crippen molar-refractivity contribution in [2.24, 2.45) is 56.7 Å². The third-order valence-corrected chi connectivity index (χ3v) is 13.4. The van der Waals surface area contributed by atoms with E-state index in [2.05, 4.69) is 54.5 Å². The highest BCUT2D eigenvalue weighted by Crippen LogP contribution is 2.75. The maximum Gasteiger partial charge on any atom is 0.0594 e. The molecule has 34 heavy (non-hydrogen) atoms. The second-order valence-corrected chi connectivity index (χ2v) is 14.5. The third-order valence-electron chi connectivity index (χ3n) is 13.4. The number of carboxylic acids is 1. The van der Waals surface area contributed by atoms with Crippen molar-refractivity contribution in [2.75, 3.05) is 0 Å². The minimum atomic E-state index is -0.792. The Labute approximate surface area is 207 Å². The lowest BCUT2D eigenvalue weighted by molar-refractivity contribution is -0.327. The van der Waals surface area contributed by atoms with Crippen molar-refractivity contribution in [3.63, 3.8) is 0 Å². The molecule has 0 heterocycles. The number of aliphatic carboxylic acids is 1. The topological polar surface area (TPSA) is 96.9 Å². The SMILES string of the molecule is C[C@@H]1CC[C@]2(C(=O)[O-])CC[C@]3(C)C(=CC[C@@H]4[C@@]5(C)CC[C@H](O)C(C)(C)[C@@H]5CC[C@]43C)C2[C@H]1C.[NH4+]. The standard InChI is InChI=1S/C30H48O3.H3N/c1-18-10-15-30(25(32)33)17-16-28(6)20(24(30)19(18)2)8-9-22-27(5)13-12-23(31)26(3,4)21(27)11-14-29(22,28)7;/h8,18-19,21-24,31H,9-17H2,1-7H3,(H,32,33);1H3/t18-,19+,21+,22-,23+,24?,27+,28-,29-,30+;/m1./s1. The molecule has 5 aliphatic carbocycles. The minimum Gasteiger partial charge on any atom is -0.550 e. The van der Waals surface area contributed by atoms with E-state index in [1.807, 2.05) is 0 Å². The van der Waals surface area contributed by atoms with Crippen LogP contribution in [0.1, 0.15) is 106 Å². The first kappa shape index (κ1) is 26.2. The summed E-state index contributed by atoms with van der Waals surface area (Å²) in [5.41, 5.74) is 1.24. The molecule has 0 spiro atoms. The molecule has 10 atom stereocenters. The van der Waals surface area contributed by atoms with E-state index in [0.717, 1.165) is 44.9 Å². The molecular formula is C30H51NO3. The van der Waals surface area contributed by atoms with Gasteiger partial charge in [0, 0.05) is 11.4 Å². The Kier molecular flexibility index (Phi) is 6.02. The molecule has 4 fully saturated rings. The number of carbonyl (C=O) groups is 1. The van der Waals surface area contributed by atoms with Crippen LogP contribution in [0.25, 0.3) is 0 Å². The van der Waals surface area contributed by atoms with Crippen LogP contribution in [0.15, 0.2) is 11.6 Å². The quantitative estimate of drug-likeness (QED) is 0.448. The summed E-state index contributed by atoms with van der Waals surface area (Å²) >= 11 is 0. The van der Waals surface area contributed by atoms with Crippen LogP contribution in [0.5, 0.6) is 0 Å². The molecule has 0 saturated heterocycles. The fourth-order valence-corrected chi connectivity index (χ4v) is 10.8. The van der Waals surface area contributed by atoms with E-state index in [4.69, 9.17) is 0 Å². The highest BCUT2D eigenvalue weighted by Gasteiger charge is 2.68. The summed E-state index contributed by atoms with van der Waals surface area (Å²) in [6.45, 7) is 16.8. The van der Waals surface area contributed by atoms with Crippen molar-refractivity contribution < 1.29 is 15.0 Å². The van der Waals surface area contributed by atoms with Gasteiger partial charge in [-0.3, -0.25) is 0 Å². The van der Waals surface area contributed by atoms with Gasteiger partial charge in [0.15, 0.2) is 0 Å². The normalized spacial score (nSPS) is 53.7. The lowest BCUT2D eigenvalue weighted by atomic mass is 9.33. The van der Waals surface area contributed by atoms with E-state index in [9.17, 15) is 15.0 Å². The molecular weight excluding hydrogens is 422 g/mol. The number of quaternary nitrogens is 1. The number of carbonyl (C=O) groups excluding carboxylic acids is 1. The largest absolute Gasteiger partial charge is 0.550 e. The van der Waals surface area contributed by atoms with Crippen LogP contribution in [0.3, 0.4) is 0 Å². The molecule has 194 valence electrons. The van der Waals surface area contributed by atoms with Crippen molar-refractivity contribution >= 4 is 5.97 Å². The minimum absolute atomic E-state index is 0. The predicted molar refractivity (Wildman–Crippen MR) is 136 cm³/mol. The molecule has 0 aliphatic heterocycles. The number of carboxylic acid groups (broad SMARTS) is 1. The Balaban J connectivity index is 0.00000274. The van der Waals surface area contributed by atoms with Crippen molar-refractivity contribution in [2.45, 2.75) is 112 Å². The lowest BCUT2D eigenvalue weighted by Gasteiger charge is -2.71. The summed E-state index contributed by atoms with van der Waals surface area (Å²) in [6.07, 6.45) is 11.3. The highest BCUT2D eigenvalue weighted by molar-refractivity contribution is 5.74. The van der Waals surface area contributed by atoms with Gasteiger partial charge in [0.2, 0.25) is 0 Å². The van der Waals surface area contributed by atoms with E-state index in [1.54, 1.807) is 0 Å². The molecule has 0 amide bonds. The van der Waals surface area contributed by atoms with Gasteiger partial charge >= 0.3 is 0 Å². The predicted octanol–water partition coefficient (Wildman–Crippen LogP) is 6.13. The number of allylic oxidation sites excluding steroid dienone is 2. The van der Waals surface area contributed by atoms with Crippen molar-refractivity contribution in [3.8, 4) is 0 Å². The fraction of sp³-hybridized carbons (Fsp3) is 0.900. The number of hydrogen-bond donors (Lipinski definition) is 2. The molecule has 0 bridgehead atoms. The Morgan fingerprint density at radius 2 is 1.62 bits per heavy atom. The smallest absolute Gasteiger partial charge is 0.0594 e. The molecule has 0 aromatic carbocycles. The van der Waals surface area contributed by atoms with Crippen molar-refractivity contribution in [1.29, 1.82) is 0 Å². The summed E-state index contributed by atoms with van der Waals surface area (Å²) < 4.78 is 0. The Morgan fingerprint density at radius 3 is 2.26 bits per heavy atom. The second-order valence-electron chi connectivity index (χ2n) is 14.5. The van der Waals surface area contributed by atoms with E-state index in [1.165, 1.54) is 18.4 Å². The van der Waals surface area contributed by atoms with Gasteiger partial charge in [-0.05, 0) is 109 Å². The number of aliphatic hydroxyl groups is 1. The van der Waals surface area contributed by atoms with Gasteiger partial charge in [0.25, 0.3) is 0 Å². The van der Waals surface area contributed by atoms with Gasteiger partial charge in [0.05, 0.1) is 6.10 Å². The van der Waals surface area contributed by atoms with Crippen molar-refractivity contribution in [3.05, 3.63) is 11.6 Å². The van der Waals surface area contributed by atoms with Crippen LogP contribution in [0.2, 0.25) is 0 Å². The second kappa shape index (κ2) is 7.81. The summed E-state index contributed by atoms with van der Waals surface area (Å²) in [4.78, 5) is 12.7. The molecule has 0 aromatic rings. The molecule has 5 rings (SSSR count). The van der Waals surface area contributed by atoms with E-state index in [0.29, 0.717) is 23.7 Å². The van der Waals surface area contributed by atoms with Gasteiger partial charge in [-0.15, -0.1) is 0 Å². The van der Waals surface area contributed by atoms with Gasteiger partial charge in [-0.25, -0.2) is 0 Å². The molecule has 0 aromatic heterocycles. The van der Waals surface area contributed by atoms with Crippen LogP contribution < -0.4 is 11.3 Å². The van der Waals surface area contributed by atoms with Gasteiger partial charge in [0.1, 0.15) is 0 Å². The molecule has 4 saturated carbocycles. The zero-order valence-corrected chi connectivity index (χ0v) is 23.2. The monoisotopic (exact) mass is 473 g/mol. The average molecular weight is 474 g/mol. The number of aliphatic hydroxyl groups excluding tert-OH is 1. The van der Waals surface area contributed by atoms with E-state index < -0.39 is 11.4 Å². The maximum absolute atomic E-state index is 12.7. The number of hydrogen-bond acceptors (Lipinski definition) is 3. The summed E-state index contributed by atoms with van der Waals surface area (Å²) in [5.74, 6) is 1.42. The number of rotatable bonds is 1. The zero-order valence-electron chi connectivity index (χ0n) is 23.2. The maximum atomic E-state index is 12.7. The van der Waals surface area contributed by atoms with E-state index in [-0.39, 0.29) is 39.8 Å². The molecule has 5 N–H and O–H groups in total. The van der Waals surface area contributed by atoms with E-state index >= 15 is 0 Å². The lowest BCUT2D eigenvalue weighted by Crippen LogP contribution is -2.66. The summed E-state index contributed by atoms with van der Waals surface area (Å²) in [6, 6.07) is 0. The van der Waals surface area contributed by atoms with Gasteiger partial charge in [-0.2, -0.15) is 0 Å². The number of fused-ring (bicyclic) bond motifs is 7. The van der Waals surface area contributed by atoms with Gasteiger partial charge in [-0.1, -0.05) is 60.1 Å². The molecule has 4 nitrogen and oxygen atoms in total. The Hall–Kier alpha value is -0.870.